The van der Waals surface area contributed by atoms with Crippen molar-refractivity contribution in [2.75, 3.05) is 26.9 Å². The van der Waals surface area contributed by atoms with E-state index < -0.39 is 8.53 Å². The molecule has 0 heterocycles. The van der Waals surface area contributed by atoms with E-state index in [0.29, 0.717) is 13.2 Å². The minimum absolute atomic E-state index is 0.0268. The summed E-state index contributed by atoms with van der Waals surface area (Å²) in [5.41, 5.74) is 0. The Kier molecular flexibility index (Phi) is 8.24. The standard InChI is InChI=1S/C7H16NO4P/c1-4-11-13(12-5-2)8-7(9)6-10-3/h4-6H2,1-3H3,(H,8,9). The van der Waals surface area contributed by atoms with Gasteiger partial charge in [0.1, 0.15) is 6.61 Å². The summed E-state index contributed by atoms with van der Waals surface area (Å²) in [5, 5.41) is 2.58. The quantitative estimate of drug-likeness (QED) is 0.637. The van der Waals surface area contributed by atoms with Gasteiger partial charge in [-0.25, -0.2) is 0 Å². The highest BCUT2D eigenvalue weighted by atomic mass is 31.2. The van der Waals surface area contributed by atoms with E-state index in [9.17, 15) is 4.79 Å². The summed E-state index contributed by atoms with van der Waals surface area (Å²) >= 11 is 0. The molecule has 0 unspecified atom stereocenters. The molecule has 0 fully saturated rings. The number of nitrogens with one attached hydrogen (secondary N) is 1. The molecule has 0 radical (unpaired) electrons. The van der Waals surface area contributed by atoms with Crippen LogP contribution in [0.15, 0.2) is 0 Å². The van der Waals surface area contributed by atoms with Crippen LogP contribution >= 0.6 is 8.53 Å². The molecular formula is C7H16NO4P. The number of carbonyl (C=O) groups is 1. The molecule has 0 rings (SSSR count). The first-order chi connectivity index (χ1) is 6.24. The van der Waals surface area contributed by atoms with E-state index in [1.807, 2.05) is 13.8 Å². The third kappa shape index (κ3) is 6.90. The summed E-state index contributed by atoms with van der Waals surface area (Å²) in [6, 6.07) is 0. The SMILES string of the molecule is CCOP(NC(=O)COC)OCC. The van der Waals surface area contributed by atoms with Gasteiger partial charge >= 0.3 is 0 Å². The second-order valence-electron chi connectivity index (χ2n) is 2.06. The predicted molar refractivity (Wildman–Crippen MR) is 50.2 cm³/mol. The fraction of sp³-hybridized carbons (Fsp3) is 0.857. The van der Waals surface area contributed by atoms with Gasteiger partial charge in [0, 0.05) is 7.11 Å². The largest absolute Gasteiger partial charge is 0.375 e. The van der Waals surface area contributed by atoms with E-state index in [1.165, 1.54) is 7.11 Å². The zero-order valence-corrected chi connectivity index (χ0v) is 9.10. The zero-order valence-electron chi connectivity index (χ0n) is 8.20. The lowest BCUT2D eigenvalue weighted by molar-refractivity contribution is -0.123. The van der Waals surface area contributed by atoms with Gasteiger partial charge in [0.05, 0.1) is 13.2 Å². The van der Waals surface area contributed by atoms with Crippen LogP contribution in [0.2, 0.25) is 0 Å². The highest BCUT2D eigenvalue weighted by Crippen LogP contribution is 2.32. The average Bonchev–Trinajstić information content (AvgIpc) is 2.05. The molecule has 0 aliphatic carbocycles. The van der Waals surface area contributed by atoms with Gasteiger partial charge in [-0.3, -0.25) is 9.88 Å². The minimum atomic E-state index is -1.29. The van der Waals surface area contributed by atoms with Crippen LogP contribution in [-0.4, -0.2) is 32.8 Å². The molecule has 0 aliphatic heterocycles. The Morgan fingerprint density at radius 3 is 2.23 bits per heavy atom. The Balaban J connectivity index is 3.71. The van der Waals surface area contributed by atoms with Gasteiger partial charge in [-0.15, -0.1) is 0 Å². The fourth-order valence-electron chi connectivity index (χ4n) is 0.602. The van der Waals surface area contributed by atoms with Crippen molar-refractivity contribution in [3.63, 3.8) is 0 Å². The van der Waals surface area contributed by atoms with Crippen LogP contribution in [0.5, 0.6) is 0 Å². The number of methoxy groups -OCH3 is 1. The number of hydrogen-bond acceptors (Lipinski definition) is 4. The first-order valence-corrected chi connectivity index (χ1v) is 5.26. The molecule has 0 aromatic heterocycles. The third-order valence-electron chi connectivity index (χ3n) is 0.984. The van der Waals surface area contributed by atoms with Gasteiger partial charge in [-0.2, -0.15) is 0 Å². The van der Waals surface area contributed by atoms with Crippen molar-refractivity contribution in [1.82, 2.24) is 5.09 Å². The van der Waals surface area contributed by atoms with Crippen molar-refractivity contribution in [3.8, 4) is 0 Å². The molecular weight excluding hydrogens is 193 g/mol. The van der Waals surface area contributed by atoms with Crippen molar-refractivity contribution in [2.45, 2.75) is 13.8 Å². The van der Waals surface area contributed by atoms with Gasteiger partial charge in [0.15, 0.2) is 0 Å². The summed E-state index contributed by atoms with van der Waals surface area (Å²) in [5.74, 6) is -0.226. The normalized spacial score (nSPS) is 10.5. The van der Waals surface area contributed by atoms with Crippen molar-refractivity contribution in [1.29, 1.82) is 0 Å². The molecule has 6 heteroatoms. The Bertz CT molecular complexity index is 138. The monoisotopic (exact) mass is 209 g/mol. The predicted octanol–water partition coefficient (Wildman–Crippen LogP) is 1.05. The maximum absolute atomic E-state index is 11.0. The van der Waals surface area contributed by atoms with Gasteiger partial charge < -0.3 is 13.8 Å². The average molecular weight is 209 g/mol. The molecule has 0 atom stereocenters. The second-order valence-corrected chi connectivity index (χ2v) is 3.31. The van der Waals surface area contributed by atoms with Crippen molar-refractivity contribution < 1.29 is 18.6 Å². The van der Waals surface area contributed by atoms with E-state index in [2.05, 4.69) is 9.82 Å². The molecule has 13 heavy (non-hydrogen) atoms. The van der Waals surface area contributed by atoms with Gasteiger partial charge in [-0.1, -0.05) is 0 Å². The number of hydrogen-bond donors (Lipinski definition) is 1. The zero-order chi connectivity index (χ0) is 10.1. The molecule has 78 valence electrons. The summed E-state index contributed by atoms with van der Waals surface area (Å²) < 4.78 is 15.0. The van der Waals surface area contributed by atoms with Crippen molar-refractivity contribution >= 4 is 14.4 Å². The van der Waals surface area contributed by atoms with E-state index in [1.54, 1.807) is 0 Å². The van der Waals surface area contributed by atoms with Crippen LogP contribution < -0.4 is 5.09 Å². The molecule has 1 N–H and O–H groups in total. The molecule has 0 aliphatic rings. The van der Waals surface area contributed by atoms with Crippen LogP contribution in [0.4, 0.5) is 0 Å². The highest BCUT2D eigenvalue weighted by Gasteiger charge is 2.12. The minimum Gasteiger partial charge on any atom is -0.375 e. The lowest BCUT2D eigenvalue weighted by atomic mass is 10.7. The Labute approximate surface area is 79.7 Å². The summed E-state index contributed by atoms with van der Waals surface area (Å²) in [6.07, 6.45) is 0. The molecule has 0 spiro atoms. The molecule has 0 saturated heterocycles. The maximum Gasteiger partial charge on any atom is 0.289 e. The summed E-state index contributed by atoms with van der Waals surface area (Å²) in [6.45, 7) is 4.74. The number of ether oxygens (including phenoxy) is 1. The van der Waals surface area contributed by atoms with Crippen LogP contribution in [0.25, 0.3) is 0 Å². The molecule has 0 aromatic carbocycles. The van der Waals surface area contributed by atoms with E-state index in [-0.39, 0.29) is 12.5 Å². The number of amides is 1. The van der Waals surface area contributed by atoms with Gasteiger partial charge in [0.25, 0.3) is 14.4 Å². The van der Waals surface area contributed by atoms with E-state index >= 15 is 0 Å². The van der Waals surface area contributed by atoms with Gasteiger partial charge in [-0.05, 0) is 13.8 Å². The fourth-order valence-corrected chi connectivity index (χ4v) is 1.54. The van der Waals surface area contributed by atoms with Crippen LogP contribution in [0.1, 0.15) is 13.8 Å². The number of rotatable bonds is 7. The lowest BCUT2D eigenvalue weighted by Gasteiger charge is -2.15. The van der Waals surface area contributed by atoms with Gasteiger partial charge in [0.2, 0.25) is 0 Å². The molecule has 0 bridgehead atoms. The lowest BCUT2D eigenvalue weighted by Crippen LogP contribution is -2.24. The van der Waals surface area contributed by atoms with E-state index in [4.69, 9.17) is 9.05 Å². The Morgan fingerprint density at radius 1 is 1.31 bits per heavy atom. The molecule has 5 nitrogen and oxygen atoms in total. The molecule has 0 aromatic rings. The topological polar surface area (TPSA) is 56.8 Å². The Hall–Kier alpha value is -0.220. The third-order valence-corrected chi connectivity index (χ3v) is 2.40. The first kappa shape index (κ1) is 12.8. The molecule has 0 saturated carbocycles. The first-order valence-electron chi connectivity index (χ1n) is 4.08. The Morgan fingerprint density at radius 2 is 1.85 bits per heavy atom. The van der Waals surface area contributed by atoms with Crippen LogP contribution in [-0.2, 0) is 18.6 Å². The number of carbonyl (C=O) groups excluding carboxylic acids is 1. The van der Waals surface area contributed by atoms with Crippen molar-refractivity contribution in [2.24, 2.45) is 0 Å². The van der Waals surface area contributed by atoms with E-state index in [0.717, 1.165) is 0 Å². The van der Waals surface area contributed by atoms with Crippen LogP contribution in [0, 0.1) is 0 Å². The summed E-state index contributed by atoms with van der Waals surface area (Å²) in [7, 11) is 0.170. The smallest absolute Gasteiger partial charge is 0.289 e. The second kappa shape index (κ2) is 8.38. The molecule has 1 amide bonds. The highest BCUT2D eigenvalue weighted by molar-refractivity contribution is 7.45. The van der Waals surface area contributed by atoms with Crippen molar-refractivity contribution in [3.05, 3.63) is 0 Å². The van der Waals surface area contributed by atoms with Crippen LogP contribution in [0.3, 0.4) is 0 Å². The summed E-state index contributed by atoms with van der Waals surface area (Å²) in [4.78, 5) is 11.0. The maximum atomic E-state index is 11.0.